The van der Waals surface area contributed by atoms with E-state index in [1.165, 1.54) is 6.07 Å². The SMILES string of the molecule is CN(C)C1CCOC2(CCN(C(=O)CCc3ccccc3F)CC2)C1. The van der Waals surface area contributed by atoms with E-state index in [4.69, 9.17) is 4.74 Å². The van der Waals surface area contributed by atoms with E-state index in [1.54, 1.807) is 12.1 Å². The number of carbonyl (C=O) groups excluding carboxylic acids is 1. The highest BCUT2D eigenvalue weighted by molar-refractivity contribution is 5.76. The third-order valence-corrected chi connectivity index (χ3v) is 5.79. The van der Waals surface area contributed by atoms with Gasteiger partial charge in [-0.15, -0.1) is 0 Å². The molecule has 2 heterocycles. The van der Waals surface area contributed by atoms with Crippen LogP contribution in [0.3, 0.4) is 0 Å². The summed E-state index contributed by atoms with van der Waals surface area (Å²) in [6.45, 7) is 2.30. The lowest BCUT2D eigenvalue weighted by atomic mass is 9.82. The van der Waals surface area contributed by atoms with Crippen molar-refractivity contribution in [2.75, 3.05) is 33.8 Å². The molecule has 4 nitrogen and oxygen atoms in total. The number of piperidine rings is 1. The molecular formula is C20H29FN2O2. The molecule has 2 fully saturated rings. The minimum atomic E-state index is -0.224. The van der Waals surface area contributed by atoms with Gasteiger partial charge in [0.05, 0.1) is 5.60 Å². The number of nitrogens with zero attached hydrogens (tertiary/aromatic N) is 2. The first-order valence-electron chi connectivity index (χ1n) is 9.31. The van der Waals surface area contributed by atoms with Gasteiger partial charge in [0.1, 0.15) is 5.82 Å². The monoisotopic (exact) mass is 348 g/mol. The van der Waals surface area contributed by atoms with E-state index in [-0.39, 0.29) is 17.3 Å². The Labute approximate surface area is 149 Å². The molecule has 2 aliphatic heterocycles. The highest BCUT2D eigenvalue weighted by atomic mass is 19.1. The average Bonchev–Trinajstić information content (AvgIpc) is 2.61. The summed E-state index contributed by atoms with van der Waals surface area (Å²) >= 11 is 0. The van der Waals surface area contributed by atoms with Crippen LogP contribution in [0.25, 0.3) is 0 Å². The van der Waals surface area contributed by atoms with Gasteiger partial charge in [-0.25, -0.2) is 4.39 Å². The van der Waals surface area contributed by atoms with Crippen molar-refractivity contribution in [3.05, 3.63) is 35.6 Å². The quantitative estimate of drug-likeness (QED) is 0.839. The van der Waals surface area contributed by atoms with Crippen LogP contribution in [0, 0.1) is 5.82 Å². The number of amides is 1. The highest BCUT2D eigenvalue weighted by Crippen LogP contribution is 2.36. The molecule has 2 aliphatic rings. The Hall–Kier alpha value is -1.46. The molecule has 2 saturated heterocycles. The van der Waals surface area contributed by atoms with Crippen LogP contribution in [0.15, 0.2) is 24.3 Å². The van der Waals surface area contributed by atoms with E-state index in [9.17, 15) is 9.18 Å². The molecular weight excluding hydrogens is 319 g/mol. The number of carbonyl (C=O) groups is 1. The number of hydrogen-bond acceptors (Lipinski definition) is 3. The molecule has 1 amide bonds. The van der Waals surface area contributed by atoms with Crippen molar-refractivity contribution in [1.82, 2.24) is 9.80 Å². The van der Waals surface area contributed by atoms with Crippen molar-refractivity contribution in [3.63, 3.8) is 0 Å². The van der Waals surface area contributed by atoms with E-state index in [2.05, 4.69) is 19.0 Å². The fourth-order valence-corrected chi connectivity index (χ4v) is 4.06. The first kappa shape index (κ1) is 18.3. The smallest absolute Gasteiger partial charge is 0.222 e. The van der Waals surface area contributed by atoms with E-state index in [1.807, 2.05) is 11.0 Å². The lowest BCUT2D eigenvalue weighted by Gasteiger charge is -2.47. The van der Waals surface area contributed by atoms with Crippen molar-refractivity contribution in [2.24, 2.45) is 0 Å². The average molecular weight is 348 g/mol. The number of ether oxygens (including phenoxy) is 1. The summed E-state index contributed by atoms with van der Waals surface area (Å²) in [6, 6.07) is 7.26. The maximum atomic E-state index is 13.7. The van der Waals surface area contributed by atoms with Crippen molar-refractivity contribution in [1.29, 1.82) is 0 Å². The van der Waals surface area contributed by atoms with Gasteiger partial charge in [0, 0.05) is 32.2 Å². The molecule has 138 valence electrons. The summed E-state index contributed by atoms with van der Waals surface area (Å²) in [5.74, 6) is -0.101. The summed E-state index contributed by atoms with van der Waals surface area (Å²) in [5.41, 5.74) is 0.559. The van der Waals surface area contributed by atoms with Crippen molar-refractivity contribution in [3.8, 4) is 0 Å². The Balaban J connectivity index is 1.50. The van der Waals surface area contributed by atoms with Crippen LogP contribution in [0.1, 0.15) is 37.7 Å². The minimum Gasteiger partial charge on any atom is -0.375 e. The van der Waals surface area contributed by atoms with Crippen molar-refractivity contribution in [2.45, 2.75) is 50.2 Å². The van der Waals surface area contributed by atoms with Gasteiger partial charge in [0.25, 0.3) is 0 Å². The van der Waals surface area contributed by atoms with Gasteiger partial charge in [-0.2, -0.15) is 0 Å². The second-order valence-electron chi connectivity index (χ2n) is 7.61. The highest BCUT2D eigenvalue weighted by Gasteiger charge is 2.41. The second kappa shape index (κ2) is 7.83. The van der Waals surface area contributed by atoms with E-state index in [0.717, 1.165) is 45.4 Å². The Bertz CT molecular complexity index is 597. The Morgan fingerprint density at radius 2 is 2.04 bits per heavy atom. The number of likely N-dealkylation sites (tertiary alicyclic amines) is 1. The van der Waals surface area contributed by atoms with Crippen molar-refractivity contribution < 1.29 is 13.9 Å². The predicted molar refractivity (Wildman–Crippen MR) is 95.9 cm³/mol. The molecule has 3 rings (SSSR count). The topological polar surface area (TPSA) is 32.8 Å². The maximum Gasteiger partial charge on any atom is 0.222 e. The fourth-order valence-electron chi connectivity index (χ4n) is 4.06. The lowest BCUT2D eigenvalue weighted by molar-refractivity contribution is -0.147. The summed E-state index contributed by atoms with van der Waals surface area (Å²) < 4.78 is 19.8. The van der Waals surface area contributed by atoms with E-state index >= 15 is 0 Å². The molecule has 0 aromatic heterocycles. The van der Waals surface area contributed by atoms with Crippen molar-refractivity contribution >= 4 is 5.91 Å². The van der Waals surface area contributed by atoms with Gasteiger partial charge in [-0.1, -0.05) is 18.2 Å². The predicted octanol–water partition coefficient (Wildman–Crippen LogP) is 2.86. The minimum absolute atomic E-state index is 0.0600. The van der Waals surface area contributed by atoms with E-state index < -0.39 is 0 Å². The molecule has 0 bridgehead atoms. The summed E-state index contributed by atoms with van der Waals surface area (Å²) in [7, 11) is 4.26. The molecule has 1 aromatic rings. The Morgan fingerprint density at radius 1 is 1.32 bits per heavy atom. The molecule has 5 heteroatoms. The molecule has 1 unspecified atom stereocenters. The van der Waals surface area contributed by atoms with Crippen LogP contribution >= 0.6 is 0 Å². The Kier molecular flexibility index (Phi) is 5.74. The van der Waals surface area contributed by atoms with Gasteiger partial charge >= 0.3 is 0 Å². The number of hydrogen-bond donors (Lipinski definition) is 0. The summed E-state index contributed by atoms with van der Waals surface area (Å²) in [4.78, 5) is 16.7. The largest absolute Gasteiger partial charge is 0.375 e. The lowest BCUT2D eigenvalue weighted by Crippen LogP contribution is -2.53. The zero-order valence-electron chi connectivity index (χ0n) is 15.3. The van der Waals surface area contributed by atoms with Gasteiger partial charge in [-0.05, 0) is 57.8 Å². The summed E-state index contributed by atoms with van der Waals surface area (Å²) in [6.07, 6.45) is 4.78. The summed E-state index contributed by atoms with van der Waals surface area (Å²) in [5, 5.41) is 0. The van der Waals surface area contributed by atoms with Crippen LogP contribution in [0.2, 0.25) is 0 Å². The van der Waals surface area contributed by atoms with Gasteiger partial charge in [0.2, 0.25) is 5.91 Å². The maximum absolute atomic E-state index is 13.7. The molecule has 25 heavy (non-hydrogen) atoms. The molecule has 0 N–H and O–H groups in total. The molecule has 1 aromatic carbocycles. The standard InChI is InChI=1S/C20H29FN2O2/c1-22(2)17-9-14-25-20(15-17)10-12-23(13-11-20)19(24)8-7-16-5-3-4-6-18(16)21/h3-6,17H,7-15H2,1-2H3. The third kappa shape index (κ3) is 4.39. The van der Waals surface area contributed by atoms with E-state index in [0.29, 0.717) is 24.4 Å². The molecule has 0 saturated carbocycles. The van der Waals surface area contributed by atoms with Crippen LogP contribution in [0.5, 0.6) is 0 Å². The molecule has 1 spiro atoms. The Morgan fingerprint density at radius 3 is 2.72 bits per heavy atom. The molecule has 0 radical (unpaired) electrons. The molecule has 1 atom stereocenters. The fraction of sp³-hybridized carbons (Fsp3) is 0.650. The van der Waals surface area contributed by atoms with Crippen LogP contribution in [-0.2, 0) is 16.0 Å². The normalized spacial score (nSPS) is 23.2. The van der Waals surface area contributed by atoms with Gasteiger partial charge in [-0.3, -0.25) is 4.79 Å². The zero-order valence-corrected chi connectivity index (χ0v) is 15.3. The van der Waals surface area contributed by atoms with Crippen LogP contribution in [-0.4, -0.2) is 61.1 Å². The number of rotatable bonds is 4. The number of halogens is 1. The van der Waals surface area contributed by atoms with Gasteiger partial charge in [0.15, 0.2) is 0 Å². The second-order valence-corrected chi connectivity index (χ2v) is 7.61. The first-order valence-corrected chi connectivity index (χ1v) is 9.31. The number of benzene rings is 1. The number of aryl methyl sites for hydroxylation is 1. The molecule has 0 aliphatic carbocycles. The first-order chi connectivity index (χ1) is 12.0. The van der Waals surface area contributed by atoms with Gasteiger partial charge < -0.3 is 14.5 Å². The third-order valence-electron chi connectivity index (χ3n) is 5.79. The van der Waals surface area contributed by atoms with Crippen LogP contribution in [0.4, 0.5) is 4.39 Å². The zero-order chi connectivity index (χ0) is 17.9. The van der Waals surface area contributed by atoms with Crippen LogP contribution < -0.4 is 0 Å².